The van der Waals surface area contributed by atoms with Crippen LogP contribution in [-0.4, -0.2) is 47.5 Å². The maximum absolute atomic E-state index is 13.4. The van der Waals surface area contributed by atoms with Crippen molar-refractivity contribution in [3.63, 3.8) is 0 Å². The number of halogens is 1. The highest BCUT2D eigenvalue weighted by Gasteiger charge is 2.22. The molecule has 1 fully saturated rings. The van der Waals surface area contributed by atoms with E-state index in [4.69, 9.17) is 4.98 Å². The fourth-order valence-corrected chi connectivity index (χ4v) is 5.26. The van der Waals surface area contributed by atoms with E-state index in [0.717, 1.165) is 41.6 Å². The zero-order valence-electron chi connectivity index (χ0n) is 21.7. The van der Waals surface area contributed by atoms with E-state index in [0.29, 0.717) is 30.1 Å². The van der Waals surface area contributed by atoms with Gasteiger partial charge in [-0.2, -0.15) is 0 Å². The Hall–Kier alpha value is -2.77. The van der Waals surface area contributed by atoms with E-state index in [1.54, 1.807) is 23.5 Å². The molecule has 0 spiro atoms. The first-order valence-corrected chi connectivity index (χ1v) is 13.8. The van der Waals surface area contributed by atoms with Crippen LogP contribution in [0, 0.1) is 11.7 Å². The molecule has 3 aromatic rings. The number of carbonyl (C=O) groups excluding carboxylic acids is 1. The van der Waals surface area contributed by atoms with Gasteiger partial charge in [-0.1, -0.05) is 12.1 Å². The van der Waals surface area contributed by atoms with Crippen LogP contribution in [0.4, 0.5) is 9.52 Å². The Kier molecular flexibility index (Phi) is 8.75. The van der Waals surface area contributed by atoms with Crippen molar-refractivity contribution in [2.75, 3.05) is 24.5 Å². The highest BCUT2D eigenvalue weighted by Crippen LogP contribution is 2.29. The molecule has 1 aliphatic rings. The Bertz CT molecular complexity index is 1110. The molecule has 5 nitrogen and oxygen atoms in total. The normalized spacial score (nSPS) is 13.6. The number of carbonyl (C=O) groups is 1. The van der Waals surface area contributed by atoms with Crippen LogP contribution >= 0.6 is 11.3 Å². The van der Waals surface area contributed by atoms with E-state index in [2.05, 4.69) is 42.8 Å². The molecule has 1 N–H and O–H groups in total. The second-order valence-electron chi connectivity index (χ2n) is 10.2. The number of hydrogen-bond acceptors (Lipinski definition) is 5. The number of amides is 1. The third kappa shape index (κ3) is 7.14. The molecular formula is C29H37FN4OS. The van der Waals surface area contributed by atoms with Gasteiger partial charge in [0.05, 0.1) is 5.69 Å². The largest absolute Gasteiger partial charge is 0.352 e. The maximum Gasteiger partial charge on any atom is 0.251 e. The average Bonchev–Trinajstić information content (AvgIpc) is 3.56. The number of hydrogen-bond donors (Lipinski definition) is 1. The lowest BCUT2D eigenvalue weighted by Gasteiger charge is -2.33. The average molecular weight is 509 g/mol. The maximum atomic E-state index is 13.4. The third-order valence-corrected chi connectivity index (χ3v) is 7.60. The second-order valence-corrected chi connectivity index (χ2v) is 11.1. The summed E-state index contributed by atoms with van der Waals surface area (Å²) in [5.41, 5.74) is 3.59. The molecule has 7 heteroatoms. The Morgan fingerprint density at radius 2 is 1.69 bits per heavy atom. The first kappa shape index (κ1) is 26.3. The molecule has 36 heavy (non-hydrogen) atoms. The number of nitrogens with one attached hydrogen (secondary N) is 1. The van der Waals surface area contributed by atoms with E-state index >= 15 is 0 Å². The summed E-state index contributed by atoms with van der Waals surface area (Å²) >= 11 is 1.61. The van der Waals surface area contributed by atoms with E-state index in [-0.39, 0.29) is 11.7 Å². The molecule has 0 unspecified atom stereocenters. The first-order chi connectivity index (χ1) is 17.3. The minimum Gasteiger partial charge on any atom is -0.352 e. The van der Waals surface area contributed by atoms with Crippen molar-refractivity contribution in [3.8, 4) is 11.3 Å². The van der Waals surface area contributed by atoms with Gasteiger partial charge in [-0.3, -0.25) is 9.69 Å². The highest BCUT2D eigenvalue weighted by atomic mass is 32.1. The Morgan fingerprint density at radius 1 is 1.03 bits per heavy atom. The SMILES string of the molecule is CC(C)N(CCN(Cc1ccc(C(=O)NCC2CC2)cc1)c1nc(-c2ccc(F)cc2)cs1)C(C)C. The number of aromatic nitrogens is 1. The number of anilines is 1. The van der Waals surface area contributed by atoms with Gasteiger partial charge in [-0.15, -0.1) is 11.3 Å². The zero-order valence-corrected chi connectivity index (χ0v) is 22.5. The molecule has 2 aromatic carbocycles. The summed E-state index contributed by atoms with van der Waals surface area (Å²) in [5, 5.41) is 6.01. The Labute approximate surface area is 218 Å². The minimum absolute atomic E-state index is 0.00122. The fourth-order valence-electron chi connectivity index (χ4n) is 4.40. The molecule has 1 aliphatic carbocycles. The molecular weight excluding hydrogens is 471 g/mol. The van der Waals surface area contributed by atoms with Crippen molar-refractivity contribution < 1.29 is 9.18 Å². The molecule has 0 saturated heterocycles. The molecule has 1 heterocycles. The van der Waals surface area contributed by atoms with Gasteiger partial charge >= 0.3 is 0 Å². The molecule has 1 saturated carbocycles. The van der Waals surface area contributed by atoms with Crippen LogP contribution < -0.4 is 10.2 Å². The van der Waals surface area contributed by atoms with Gasteiger partial charge in [-0.25, -0.2) is 9.37 Å². The lowest BCUT2D eigenvalue weighted by molar-refractivity contribution is 0.0952. The van der Waals surface area contributed by atoms with Gasteiger partial charge in [0, 0.05) is 54.8 Å². The van der Waals surface area contributed by atoms with Gasteiger partial charge in [0.25, 0.3) is 5.91 Å². The number of thiazole rings is 1. The standard InChI is InChI=1S/C29H37FN4OS/c1-20(2)34(21(3)4)16-15-33(29-32-27(19-36-29)24-11-13-26(30)14-12-24)18-23-7-9-25(10-8-23)28(35)31-17-22-5-6-22/h7-14,19-22H,5-6,15-18H2,1-4H3,(H,31,35). The summed E-state index contributed by atoms with van der Waals surface area (Å²) in [6, 6.07) is 15.3. The van der Waals surface area contributed by atoms with Crippen molar-refractivity contribution in [1.29, 1.82) is 0 Å². The molecule has 4 rings (SSSR count). The monoisotopic (exact) mass is 508 g/mol. The number of benzene rings is 2. The zero-order chi connectivity index (χ0) is 25.7. The second kappa shape index (κ2) is 12.0. The minimum atomic E-state index is -0.247. The van der Waals surface area contributed by atoms with Gasteiger partial charge in [0.1, 0.15) is 5.82 Å². The molecule has 0 bridgehead atoms. The molecule has 0 aliphatic heterocycles. The highest BCUT2D eigenvalue weighted by molar-refractivity contribution is 7.14. The van der Waals surface area contributed by atoms with Crippen molar-refractivity contribution in [2.45, 2.75) is 59.2 Å². The van der Waals surface area contributed by atoms with Crippen LogP contribution in [0.15, 0.2) is 53.9 Å². The fraction of sp³-hybridized carbons (Fsp3) is 0.448. The quantitative estimate of drug-likeness (QED) is 0.316. The van der Waals surface area contributed by atoms with Crippen molar-refractivity contribution >= 4 is 22.4 Å². The van der Waals surface area contributed by atoms with Crippen LogP contribution in [0.25, 0.3) is 11.3 Å². The van der Waals surface area contributed by atoms with Gasteiger partial charge in [-0.05, 0) is 88.4 Å². The van der Waals surface area contributed by atoms with Crippen LogP contribution in [0.5, 0.6) is 0 Å². The number of nitrogens with zero attached hydrogens (tertiary/aromatic N) is 3. The van der Waals surface area contributed by atoms with E-state index in [9.17, 15) is 9.18 Å². The lowest BCUT2D eigenvalue weighted by atomic mass is 10.1. The van der Waals surface area contributed by atoms with Gasteiger partial charge in [0.15, 0.2) is 5.13 Å². The molecule has 1 aromatic heterocycles. The predicted molar refractivity (Wildman–Crippen MR) is 147 cm³/mol. The summed E-state index contributed by atoms with van der Waals surface area (Å²) in [5.74, 6) is 0.415. The lowest BCUT2D eigenvalue weighted by Crippen LogP contribution is -2.42. The Morgan fingerprint density at radius 3 is 2.31 bits per heavy atom. The summed E-state index contributed by atoms with van der Waals surface area (Å²) in [6.07, 6.45) is 2.44. The summed E-state index contributed by atoms with van der Waals surface area (Å²) in [7, 11) is 0. The Balaban J connectivity index is 1.49. The predicted octanol–water partition coefficient (Wildman–Crippen LogP) is 6.21. The third-order valence-electron chi connectivity index (χ3n) is 6.70. The van der Waals surface area contributed by atoms with Crippen LogP contribution in [0.2, 0.25) is 0 Å². The summed E-state index contributed by atoms with van der Waals surface area (Å²) < 4.78 is 13.4. The first-order valence-electron chi connectivity index (χ1n) is 12.9. The van der Waals surface area contributed by atoms with Gasteiger partial charge < -0.3 is 10.2 Å². The van der Waals surface area contributed by atoms with E-state index < -0.39 is 0 Å². The van der Waals surface area contributed by atoms with E-state index in [1.165, 1.54) is 25.0 Å². The van der Waals surface area contributed by atoms with Crippen molar-refractivity contribution in [2.24, 2.45) is 5.92 Å². The molecule has 1 amide bonds. The van der Waals surface area contributed by atoms with Crippen molar-refractivity contribution in [3.05, 3.63) is 70.9 Å². The molecule has 0 atom stereocenters. The molecule has 192 valence electrons. The van der Waals surface area contributed by atoms with Gasteiger partial charge in [0.2, 0.25) is 0 Å². The van der Waals surface area contributed by atoms with E-state index in [1.807, 2.05) is 29.6 Å². The van der Waals surface area contributed by atoms with Crippen LogP contribution in [0.1, 0.15) is 56.5 Å². The smallest absolute Gasteiger partial charge is 0.251 e. The van der Waals surface area contributed by atoms with Crippen molar-refractivity contribution in [1.82, 2.24) is 15.2 Å². The summed E-state index contributed by atoms with van der Waals surface area (Å²) in [6.45, 7) is 12.1. The summed E-state index contributed by atoms with van der Waals surface area (Å²) in [4.78, 5) is 22.1. The van der Waals surface area contributed by atoms with Crippen LogP contribution in [-0.2, 0) is 6.54 Å². The molecule has 0 radical (unpaired) electrons. The topological polar surface area (TPSA) is 48.5 Å². The number of rotatable bonds is 12. The van der Waals surface area contributed by atoms with Crippen LogP contribution in [0.3, 0.4) is 0 Å².